The molecule has 0 unspecified atom stereocenters. The van der Waals surface area contributed by atoms with Crippen molar-refractivity contribution in [3.05, 3.63) is 65.1 Å². The van der Waals surface area contributed by atoms with E-state index in [4.69, 9.17) is 0 Å². The maximum atomic E-state index is 12.7. The quantitative estimate of drug-likeness (QED) is 0.664. The lowest BCUT2D eigenvalue weighted by molar-refractivity contribution is 0.0744. The van der Waals surface area contributed by atoms with E-state index in [9.17, 15) is 9.59 Å². The first kappa shape index (κ1) is 17.0. The van der Waals surface area contributed by atoms with Crippen LogP contribution in [0.5, 0.6) is 0 Å². The standard InChI is InChI=1S/C18H19N7O2/c1-22-6-2-4-14(17(22)26)18(27)24-10-8-23(9-11-24)15-12-16(20-13-19-15)25-7-3-5-21-25/h2-7,12-13H,8-11H2,1H3. The van der Waals surface area contributed by atoms with Gasteiger partial charge in [-0.2, -0.15) is 5.10 Å². The molecule has 0 radical (unpaired) electrons. The molecular weight excluding hydrogens is 346 g/mol. The van der Waals surface area contributed by atoms with E-state index < -0.39 is 0 Å². The van der Waals surface area contributed by atoms with Gasteiger partial charge in [0.2, 0.25) is 0 Å². The minimum Gasteiger partial charge on any atom is -0.353 e. The van der Waals surface area contributed by atoms with Gasteiger partial charge in [-0.05, 0) is 18.2 Å². The molecule has 0 atom stereocenters. The largest absolute Gasteiger partial charge is 0.353 e. The fraction of sp³-hybridized carbons (Fsp3) is 0.278. The lowest BCUT2D eigenvalue weighted by atomic mass is 10.2. The molecule has 1 aliphatic heterocycles. The number of piperazine rings is 1. The monoisotopic (exact) mass is 365 g/mol. The Morgan fingerprint density at radius 3 is 2.56 bits per heavy atom. The molecule has 1 amide bonds. The van der Waals surface area contributed by atoms with Crippen LogP contribution in [0.25, 0.3) is 5.82 Å². The number of carbonyl (C=O) groups is 1. The molecule has 3 aromatic rings. The molecule has 0 N–H and O–H groups in total. The zero-order valence-corrected chi connectivity index (χ0v) is 14.9. The third-order valence-electron chi connectivity index (χ3n) is 4.62. The maximum Gasteiger partial charge on any atom is 0.263 e. The van der Waals surface area contributed by atoms with Crippen LogP contribution in [-0.2, 0) is 7.05 Å². The number of hydrogen-bond acceptors (Lipinski definition) is 6. The second-order valence-electron chi connectivity index (χ2n) is 6.30. The van der Waals surface area contributed by atoms with Crippen LogP contribution in [-0.4, -0.2) is 61.3 Å². The van der Waals surface area contributed by atoms with E-state index in [2.05, 4.69) is 20.0 Å². The number of carbonyl (C=O) groups excluding carboxylic acids is 1. The van der Waals surface area contributed by atoms with Crippen molar-refractivity contribution in [1.29, 1.82) is 0 Å². The summed E-state index contributed by atoms with van der Waals surface area (Å²) in [7, 11) is 1.64. The van der Waals surface area contributed by atoms with E-state index in [1.165, 1.54) is 10.9 Å². The van der Waals surface area contributed by atoms with Crippen LogP contribution >= 0.6 is 0 Å². The molecule has 0 spiro atoms. The van der Waals surface area contributed by atoms with Crippen LogP contribution in [0.1, 0.15) is 10.4 Å². The van der Waals surface area contributed by atoms with Gasteiger partial charge < -0.3 is 14.4 Å². The summed E-state index contributed by atoms with van der Waals surface area (Å²) in [5.41, 5.74) is -0.0685. The molecule has 1 fully saturated rings. The van der Waals surface area contributed by atoms with Gasteiger partial charge in [0.05, 0.1) is 0 Å². The van der Waals surface area contributed by atoms with Crippen LogP contribution in [0.4, 0.5) is 5.82 Å². The molecule has 0 aromatic carbocycles. The van der Waals surface area contributed by atoms with Gasteiger partial charge in [0, 0.05) is 57.9 Å². The third-order valence-corrected chi connectivity index (χ3v) is 4.62. The summed E-state index contributed by atoms with van der Waals surface area (Å²) < 4.78 is 3.09. The summed E-state index contributed by atoms with van der Waals surface area (Å²) >= 11 is 0. The zero-order chi connectivity index (χ0) is 18.8. The van der Waals surface area contributed by atoms with Crippen LogP contribution < -0.4 is 10.5 Å². The number of pyridine rings is 1. The SMILES string of the molecule is Cn1cccc(C(=O)N2CCN(c3cc(-n4cccn4)ncn3)CC2)c1=O. The lowest BCUT2D eigenvalue weighted by Gasteiger charge is -2.35. The first-order chi connectivity index (χ1) is 13.1. The maximum absolute atomic E-state index is 12.7. The Morgan fingerprint density at radius 2 is 1.81 bits per heavy atom. The highest BCUT2D eigenvalue weighted by Gasteiger charge is 2.25. The molecule has 9 heteroatoms. The average molecular weight is 365 g/mol. The summed E-state index contributed by atoms with van der Waals surface area (Å²) in [6.45, 7) is 2.32. The summed E-state index contributed by atoms with van der Waals surface area (Å²) in [4.78, 5) is 37.2. The van der Waals surface area contributed by atoms with Crippen molar-refractivity contribution in [2.45, 2.75) is 0 Å². The predicted molar refractivity (Wildman–Crippen MR) is 99.0 cm³/mol. The van der Waals surface area contributed by atoms with Crippen LogP contribution in [0.15, 0.2) is 54.0 Å². The van der Waals surface area contributed by atoms with E-state index in [1.54, 1.807) is 41.2 Å². The number of anilines is 1. The molecule has 4 rings (SSSR count). The van der Waals surface area contributed by atoms with Gasteiger partial charge in [0.1, 0.15) is 17.7 Å². The number of nitrogens with zero attached hydrogens (tertiary/aromatic N) is 7. The second kappa shape index (κ2) is 7.02. The first-order valence-corrected chi connectivity index (χ1v) is 8.65. The second-order valence-corrected chi connectivity index (χ2v) is 6.30. The number of hydrogen-bond donors (Lipinski definition) is 0. The molecule has 1 saturated heterocycles. The van der Waals surface area contributed by atoms with Gasteiger partial charge >= 0.3 is 0 Å². The summed E-state index contributed by atoms with van der Waals surface area (Å²) in [6.07, 6.45) is 6.67. The molecule has 3 aromatic heterocycles. The van der Waals surface area contributed by atoms with Gasteiger partial charge in [0.25, 0.3) is 11.5 Å². The topological polar surface area (TPSA) is 89.2 Å². The van der Waals surface area contributed by atoms with Gasteiger partial charge in [-0.15, -0.1) is 0 Å². The Balaban J connectivity index is 1.46. The fourth-order valence-corrected chi connectivity index (χ4v) is 3.11. The zero-order valence-electron chi connectivity index (χ0n) is 14.9. The molecular formula is C18H19N7O2. The van der Waals surface area contributed by atoms with Gasteiger partial charge in [-0.1, -0.05) is 0 Å². The molecule has 0 aliphatic carbocycles. The molecule has 0 bridgehead atoms. The van der Waals surface area contributed by atoms with E-state index in [1.807, 2.05) is 18.3 Å². The molecule has 27 heavy (non-hydrogen) atoms. The van der Waals surface area contributed by atoms with E-state index >= 15 is 0 Å². The lowest BCUT2D eigenvalue weighted by Crippen LogP contribution is -2.50. The fourth-order valence-electron chi connectivity index (χ4n) is 3.11. The van der Waals surface area contributed by atoms with Gasteiger partial charge in [-0.25, -0.2) is 14.6 Å². The third kappa shape index (κ3) is 3.31. The smallest absolute Gasteiger partial charge is 0.263 e. The Morgan fingerprint density at radius 1 is 1.04 bits per heavy atom. The normalized spacial score (nSPS) is 14.4. The van der Waals surface area contributed by atoms with E-state index in [-0.39, 0.29) is 17.0 Å². The summed E-state index contributed by atoms with van der Waals surface area (Å²) in [5, 5.41) is 4.18. The molecule has 138 valence electrons. The summed E-state index contributed by atoms with van der Waals surface area (Å²) in [6, 6.07) is 7.00. The Labute approximate surface area is 155 Å². The average Bonchev–Trinajstić information content (AvgIpc) is 3.25. The Kier molecular flexibility index (Phi) is 4.41. The van der Waals surface area contributed by atoms with Crippen molar-refractivity contribution < 1.29 is 4.79 Å². The van der Waals surface area contributed by atoms with Gasteiger partial charge in [-0.3, -0.25) is 9.59 Å². The highest BCUT2D eigenvalue weighted by molar-refractivity contribution is 5.94. The Hall–Kier alpha value is -3.49. The predicted octanol–water partition coefficient (Wildman–Crippen LogP) is 0.323. The minimum atomic E-state index is -0.274. The van der Waals surface area contributed by atoms with Gasteiger partial charge in [0.15, 0.2) is 5.82 Å². The summed E-state index contributed by atoms with van der Waals surface area (Å²) in [5.74, 6) is 1.25. The molecule has 1 aliphatic rings. The molecule has 0 saturated carbocycles. The Bertz CT molecular complexity index is 1000. The minimum absolute atomic E-state index is 0.205. The van der Waals surface area contributed by atoms with Crippen molar-refractivity contribution in [3.8, 4) is 5.82 Å². The van der Waals surface area contributed by atoms with Crippen molar-refractivity contribution in [1.82, 2.24) is 29.2 Å². The van der Waals surface area contributed by atoms with E-state index in [0.29, 0.717) is 32.0 Å². The van der Waals surface area contributed by atoms with Crippen molar-refractivity contribution in [3.63, 3.8) is 0 Å². The van der Waals surface area contributed by atoms with Crippen LogP contribution in [0, 0.1) is 0 Å². The molecule has 9 nitrogen and oxygen atoms in total. The van der Waals surface area contributed by atoms with Crippen molar-refractivity contribution in [2.24, 2.45) is 7.05 Å². The van der Waals surface area contributed by atoms with Crippen molar-refractivity contribution in [2.75, 3.05) is 31.1 Å². The number of amides is 1. The molecule has 4 heterocycles. The first-order valence-electron chi connectivity index (χ1n) is 8.65. The van der Waals surface area contributed by atoms with Crippen LogP contribution in [0.3, 0.4) is 0 Å². The highest BCUT2D eigenvalue weighted by atomic mass is 16.2. The number of aryl methyl sites for hydroxylation is 1. The van der Waals surface area contributed by atoms with Crippen LogP contribution in [0.2, 0.25) is 0 Å². The number of aromatic nitrogens is 5. The highest BCUT2D eigenvalue weighted by Crippen LogP contribution is 2.16. The number of rotatable bonds is 3. The van der Waals surface area contributed by atoms with E-state index in [0.717, 1.165) is 5.82 Å². The van der Waals surface area contributed by atoms with Crippen molar-refractivity contribution >= 4 is 11.7 Å².